The van der Waals surface area contributed by atoms with Crippen molar-refractivity contribution in [1.82, 2.24) is 9.21 Å². The molecule has 0 atom stereocenters. The van der Waals surface area contributed by atoms with Gasteiger partial charge in [0, 0.05) is 31.0 Å². The van der Waals surface area contributed by atoms with E-state index in [4.69, 9.17) is 4.74 Å². The summed E-state index contributed by atoms with van der Waals surface area (Å²) in [7, 11) is -3.53. The maximum atomic E-state index is 12.6. The fraction of sp³-hybridized carbons (Fsp3) is 0.412. The van der Waals surface area contributed by atoms with E-state index in [9.17, 15) is 13.2 Å². The number of fused-ring (bicyclic) bond motifs is 1. The highest BCUT2D eigenvalue weighted by Gasteiger charge is 2.28. The molecule has 27 heavy (non-hydrogen) atoms. The van der Waals surface area contributed by atoms with Gasteiger partial charge in [0.25, 0.3) is 0 Å². The molecule has 144 valence electrons. The predicted molar refractivity (Wildman–Crippen MR) is 104 cm³/mol. The van der Waals surface area contributed by atoms with E-state index < -0.39 is 10.0 Å². The number of nitrogens with zero attached hydrogens (tertiary/aromatic N) is 3. The zero-order valence-electron chi connectivity index (χ0n) is 14.6. The molecule has 1 saturated heterocycles. The summed E-state index contributed by atoms with van der Waals surface area (Å²) in [5.41, 5.74) is 1.52. The Kier molecular flexibility index (Phi) is 5.22. The lowest BCUT2D eigenvalue weighted by Crippen LogP contribution is -2.40. The highest BCUT2D eigenvalue weighted by molar-refractivity contribution is 8.16. The van der Waals surface area contributed by atoms with Crippen LogP contribution in [0.15, 0.2) is 45.3 Å². The van der Waals surface area contributed by atoms with Crippen molar-refractivity contribution in [1.29, 1.82) is 0 Å². The van der Waals surface area contributed by atoms with Crippen molar-refractivity contribution in [2.75, 3.05) is 44.7 Å². The molecule has 3 heterocycles. The average Bonchev–Trinajstić information content (AvgIpc) is 3.28. The lowest BCUT2D eigenvalue weighted by atomic mass is 10.2. The Bertz CT molecular complexity index is 890. The van der Waals surface area contributed by atoms with Crippen LogP contribution < -0.4 is 5.32 Å². The van der Waals surface area contributed by atoms with E-state index in [0.717, 1.165) is 24.0 Å². The smallest absolute Gasteiger partial charge is 0.243 e. The van der Waals surface area contributed by atoms with Gasteiger partial charge in [-0.05, 0) is 29.7 Å². The van der Waals surface area contributed by atoms with Gasteiger partial charge in [0.2, 0.25) is 15.9 Å². The Labute approximate surface area is 162 Å². The van der Waals surface area contributed by atoms with Gasteiger partial charge in [-0.25, -0.2) is 8.42 Å². The van der Waals surface area contributed by atoms with Crippen LogP contribution in [0.5, 0.6) is 0 Å². The summed E-state index contributed by atoms with van der Waals surface area (Å²) in [6, 6.07) is 6.28. The van der Waals surface area contributed by atoms with Crippen molar-refractivity contribution in [3.05, 3.63) is 35.4 Å². The van der Waals surface area contributed by atoms with Crippen molar-refractivity contribution < 1.29 is 17.9 Å². The summed E-state index contributed by atoms with van der Waals surface area (Å²) in [5.74, 6) is -0.140. The van der Waals surface area contributed by atoms with Gasteiger partial charge in [0.15, 0.2) is 5.17 Å². The van der Waals surface area contributed by atoms with Gasteiger partial charge in [-0.15, -0.1) is 0 Å². The highest BCUT2D eigenvalue weighted by Crippen LogP contribution is 2.31. The van der Waals surface area contributed by atoms with E-state index in [0.29, 0.717) is 32.0 Å². The summed E-state index contributed by atoms with van der Waals surface area (Å²) >= 11 is 1.54. The monoisotopic (exact) mass is 408 g/mol. The number of carbonyl (C=O) groups excluding carboxylic acids is 1. The molecule has 0 radical (unpaired) electrons. The normalized spacial score (nSPS) is 20.2. The van der Waals surface area contributed by atoms with Crippen LogP contribution in [0.25, 0.3) is 0 Å². The largest absolute Gasteiger partial charge is 0.379 e. The lowest BCUT2D eigenvalue weighted by molar-refractivity contribution is -0.115. The minimum Gasteiger partial charge on any atom is -0.379 e. The fourth-order valence-electron chi connectivity index (χ4n) is 3.13. The van der Waals surface area contributed by atoms with E-state index in [-0.39, 0.29) is 17.2 Å². The van der Waals surface area contributed by atoms with Crippen LogP contribution in [0, 0.1) is 0 Å². The third-order valence-electron chi connectivity index (χ3n) is 4.54. The van der Waals surface area contributed by atoms with Crippen LogP contribution in [0.1, 0.15) is 6.42 Å². The van der Waals surface area contributed by atoms with E-state index in [2.05, 4.69) is 15.2 Å². The minimum atomic E-state index is -3.53. The van der Waals surface area contributed by atoms with Gasteiger partial charge < -0.3 is 15.0 Å². The third kappa shape index (κ3) is 3.88. The first kappa shape index (κ1) is 18.5. The Balaban J connectivity index is 1.37. The van der Waals surface area contributed by atoms with E-state index in [1.807, 2.05) is 5.41 Å². The summed E-state index contributed by atoms with van der Waals surface area (Å²) in [4.78, 5) is 19.0. The maximum Gasteiger partial charge on any atom is 0.243 e. The predicted octanol–water partition coefficient (Wildman–Crippen LogP) is 1.30. The molecule has 1 amide bonds. The molecule has 1 N–H and O–H groups in total. The zero-order valence-corrected chi connectivity index (χ0v) is 16.3. The second-order valence-electron chi connectivity index (χ2n) is 6.31. The molecule has 0 saturated carbocycles. The Morgan fingerprint density at radius 1 is 1.19 bits per heavy atom. The van der Waals surface area contributed by atoms with Crippen molar-refractivity contribution in [2.45, 2.75) is 11.3 Å². The number of hydrogen-bond donors (Lipinski definition) is 1. The number of nitrogens with one attached hydrogen (secondary N) is 1. The van der Waals surface area contributed by atoms with Crippen LogP contribution in [-0.2, 0) is 19.6 Å². The van der Waals surface area contributed by atoms with Gasteiger partial charge in [0.1, 0.15) is 0 Å². The van der Waals surface area contributed by atoms with E-state index in [1.165, 1.54) is 16.4 Å². The van der Waals surface area contributed by atoms with Gasteiger partial charge in [-0.3, -0.25) is 9.79 Å². The molecule has 1 aromatic rings. The number of morpholine rings is 1. The molecule has 3 aliphatic heterocycles. The topological polar surface area (TPSA) is 91.3 Å². The van der Waals surface area contributed by atoms with Gasteiger partial charge in [-0.2, -0.15) is 4.31 Å². The number of sulfonamides is 1. The maximum absolute atomic E-state index is 12.6. The molecule has 1 fully saturated rings. The number of anilines is 1. The molecular weight excluding hydrogens is 388 g/mol. The summed E-state index contributed by atoms with van der Waals surface area (Å²) in [5, 5.41) is 5.73. The SMILES string of the molecule is O=C(CC1=CSC2=NCCN12)Nc1ccc(S(=O)(=O)N2CCOCC2)cc1. The molecule has 0 spiro atoms. The van der Waals surface area contributed by atoms with Crippen LogP contribution in [0.4, 0.5) is 5.69 Å². The average molecular weight is 409 g/mol. The molecule has 0 aromatic heterocycles. The number of ether oxygens (including phenoxy) is 1. The molecule has 0 unspecified atom stereocenters. The van der Waals surface area contributed by atoms with Crippen LogP contribution >= 0.6 is 11.8 Å². The first-order valence-corrected chi connectivity index (χ1v) is 11.0. The number of aliphatic imine (C=N–C) groups is 1. The first-order valence-electron chi connectivity index (χ1n) is 8.69. The molecule has 3 aliphatic rings. The summed E-state index contributed by atoms with van der Waals surface area (Å²) in [6.45, 7) is 3.11. The summed E-state index contributed by atoms with van der Waals surface area (Å²) < 4.78 is 31.9. The number of carbonyl (C=O) groups is 1. The zero-order chi connectivity index (χ0) is 18.9. The van der Waals surface area contributed by atoms with Crippen LogP contribution in [-0.4, -0.2) is 68.1 Å². The highest BCUT2D eigenvalue weighted by atomic mass is 32.2. The molecule has 0 aliphatic carbocycles. The number of hydrogen-bond acceptors (Lipinski definition) is 7. The Hall–Kier alpha value is -1.88. The van der Waals surface area contributed by atoms with Crippen molar-refractivity contribution >= 4 is 38.5 Å². The number of amides is 1. The Morgan fingerprint density at radius 2 is 1.93 bits per heavy atom. The second-order valence-corrected chi connectivity index (χ2v) is 9.08. The van der Waals surface area contributed by atoms with E-state index in [1.54, 1.807) is 23.9 Å². The van der Waals surface area contributed by atoms with Crippen LogP contribution in [0.2, 0.25) is 0 Å². The molecule has 1 aromatic carbocycles. The number of rotatable bonds is 5. The van der Waals surface area contributed by atoms with Gasteiger partial charge in [0.05, 0.1) is 31.1 Å². The quantitative estimate of drug-likeness (QED) is 0.790. The lowest BCUT2D eigenvalue weighted by Gasteiger charge is -2.26. The van der Waals surface area contributed by atoms with Crippen LogP contribution in [0.3, 0.4) is 0 Å². The van der Waals surface area contributed by atoms with Crippen molar-refractivity contribution in [2.24, 2.45) is 4.99 Å². The number of amidine groups is 1. The molecule has 8 nitrogen and oxygen atoms in total. The molecule has 10 heteroatoms. The van der Waals surface area contributed by atoms with E-state index >= 15 is 0 Å². The first-order chi connectivity index (χ1) is 13.0. The number of benzene rings is 1. The van der Waals surface area contributed by atoms with Gasteiger partial charge in [-0.1, -0.05) is 11.8 Å². The molecule has 0 bridgehead atoms. The van der Waals surface area contributed by atoms with Gasteiger partial charge >= 0.3 is 0 Å². The summed E-state index contributed by atoms with van der Waals surface area (Å²) in [6.07, 6.45) is 0.264. The third-order valence-corrected chi connectivity index (χ3v) is 7.40. The Morgan fingerprint density at radius 3 is 2.67 bits per heavy atom. The second kappa shape index (κ2) is 7.63. The van der Waals surface area contributed by atoms with Crippen molar-refractivity contribution in [3.63, 3.8) is 0 Å². The van der Waals surface area contributed by atoms with Crippen molar-refractivity contribution in [3.8, 4) is 0 Å². The molecular formula is C17H20N4O4S2. The fourth-order valence-corrected chi connectivity index (χ4v) is 5.49. The number of thioether (sulfide) groups is 1. The standard InChI is InChI=1S/C17H20N4O4S2/c22-16(11-14-12-26-17-18-5-6-21(14)17)19-13-1-3-15(4-2-13)27(23,24)20-7-9-25-10-8-20/h1-4,12H,5-11H2,(H,19,22). The molecule has 4 rings (SSSR count). The minimum absolute atomic E-state index is 0.140.